The number of fused-ring (bicyclic) bond motifs is 3. The number of thioether (sulfide) groups is 1. The van der Waals surface area contributed by atoms with Crippen molar-refractivity contribution in [1.29, 1.82) is 0 Å². The number of nitrogens with one attached hydrogen (secondary N) is 1. The van der Waals surface area contributed by atoms with Crippen molar-refractivity contribution in [1.82, 2.24) is 14.9 Å². The van der Waals surface area contributed by atoms with E-state index in [1.807, 2.05) is 33.1 Å². The van der Waals surface area contributed by atoms with Gasteiger partial charge in [0.05, 0.1) is 19.0 Å². The van der Waals surface area contributed by atoms with Crippen LogP contribution in [0.2, 0.25) is 0 Å². The van der Waals surface area contributed by atoms with Gasteiger partial charge in [-0.3, -0.25) is 0 Å². The lowest BCUT2D eigenvalue weighted by Crippen LogP contribution is -2.39. The van der Waals surface area contributed by atoms with Gasteiger partial charge < -0.3 is 19.4 Å². The number of aromatic nitrogens is 2. The minimum Gasteiger partial charge on any atom is -0.496 e. The van der Waals surface area contributed by atoms with E-state index >= 15 is 0 Å². The SMILES string of the molecule is COc1cc(SC)nc2[nH]c3c(c12)CN(C(=O)OC(C)(C)C)CC3. The van der Waals surface area contributed by atoms with Gasteiger partial charge in [-0.05, 0) is 27.0 Å². The van der Waals surface area contributed by atoms with Gasteiger partial charge >= 0.3 is 6.09 Å². The van der Waals surface area contributed by atoms with Gasteiger partial charge in [-0.2, -0.15) is 0 Å². The summed E-state index contributed by atoms with van der Waals surface area (Å²) in [6, 6.07) is 1.94. The fourth-order valence-electron chi connectivity index (χ4n) is 2.90. The van der Waals surface area contributed by atoms with E-state index in [0.717, 1.165) is 39.5 Å². The highest BCUT2D eigenvalue weighted by Gasteiger charge is 2.29. The Balaban J connectivity index is 1.97. The van der Waals surface area contributed by atoms with E-state index in [2.05, 4.69) is 9.97 Å². The van der Waals surface area contributed by atoms with Gasteiger partial charge in [-0.1, -0.05) is 0 Å². The number of pyridine rings is 1. The molecule has 1 aliphatic rings. The summed E-state index contributed by atoms with van der Waals surface area (Å²) in [5, 5.41) is 1.86. The molecule has 1 amide bonds. The van der Waals surface area contributed by atoms with Crippen LogP contribution in [0.5, 0.6) is 5.75 Å². The van der Waals surface area contributed by atoms with E-state index in [4.69, 9.17) is 9.47 Å². The van der Waals surface area contributed by atoms with Crippen LogP contribution < -0.4 is 4.74 Å². The first-order valence-corrected chi connectivity index (χ1v) is 9.15. The van der Waals surface area contributed by atoms with Crippen LogP contribution in [-0.2, 0) is 17.7 Å². The minimum atomic E-state index is -0.496. The van der Waals surface area contributed by atoms with E-state index in [1.165, 1.54) is 0 Å². The molecule has 0 saturated carbocycles. The van der Waals surface area contributed by atoms with E-state index in [1.54, 1.807) is 23.8 Å². The Bertz CT molecular complexity index is 779. The highest BCUT2D eigenvalue weighted by atomic mass is 32.2. The first-order valence-electron chi connectivity index (χ1n) is 7.92. The van der Waals surface area contributed by atoms with Gasteiger partial charge in [0.25, 0.3) is 0 Å². The monoisotopic (exact) mass is 349 g/mol. The highest BCUT2D eigenvalue weighted by Crippen LogP contribution is 2.35. The zero-order valence-corrected chi connectivity index (χ0v) is 15.5. The molecule has 1 N–H and O–H groups in total. The molecule has 0 spiro atoms. The Kier molecular flexibility index (Phi) is 4.38. The number of carbonyl (C=O) groups excluding carboxylic acids is 1. The molecule has 0 radical (unpaired) electrons. The van der Waals surface area contributed by atoms with Crippen molar-refractivity contribution in [2.24, 2.45) is 0 Å². The Morgan fingerprint density at radius 3 is 2.79 bits per heavy atom. The summed E-state index contributed by atoms with van der Waals surface area (Å²) in [6.45, 7) is 6.77. The Morgan fingerprint density at radius 1 is 1.42 bits per heavy atom. The average molecular weight is 349 g/mol. The van der Waals surface area contributed by atoms with Crippen molar-refractivity contribution in [3.63, 3.8) is 0 Å². The second kappa shape index (κ2) is 6.20. The molecular weight excluding hydrogens is 326 g/mol. The van der Waals surface area contributed by atoms with Crippen molar-refractivity contribution in [3.8, 4) is 5.75 Å². The normalized spacial score (nSPS) is 14.6. The van der Waals surface area contributed by atoms with E-state index < -0.39 is 5.60 Å². The molecule has 0 fully saturated rings. The van der Waals surface area contributed by atoms with Gasteiger partial charge in [0.2, 0.25) is 0 Å². The average Bonchev–Trinajstić information content (AvgIpc) is 2.89. The molecule has 3 heterocycles. The maximum absolute atomic E-state index is 12.4. The molecule has 0 aliphatic carbocycles. The number of amides is 1. The van der Waals surface area contributed by atoms with Crippen LogP contribution in [0.1, 0.15) is 32.0 Å². The summed E-state index contributed by atoms with van der Waals surface area (Å²) in [5.41, 5.74) is 2.51. The maximum Gasteiger partial charge on any atom is 0.410 e. The summed E-state index contributed by atoms with van der Waals surface area (Å²) in [7, 11) is 1.66. The third kappa shape index (κ3) is 3.17. The first kappa shape index (κ1) is 17.0. The van der Waals surface area contributed by atoms with E-state index in [9.17, 15) is 4.79 Å². The van der Waals surface area contributed by atoms with Crippen LogP contribution in [0.4, 0.5) is 4.79 Å². The number of methoxy groups -OCH3 is 1. The molecule has 7 heteroatoms. The molecule has 1 aliphatic heterocycles. The zero-order chi connectivity index (χ0) is 17.5. The topological polar surface area (TPSA) is 67.5 Å². The van der Waals surface area contributed by atoms with Gasteiger partial charge in [-0.25, -0.2) is 9.78 Å². The van der Waals surface area contributed by atoms with Crippen molar-refractivity contribution in [3.05, 3.63) is 17.3 Å². The summed E-state index contributed by atoms with van der Waals surface area (Å²) in [4.78, 5) is 22.1. The van der Waals surface area contributed by atoms with Crippen molar-refractivity contribution >= 4 is 28.9 Å². The van der Waals surface area contributed by atoms with Crippen molar-refractivity contribution < 1.29 is 14.3 Å². The molecule has 3 rings (SSSR count). The fraction of sp³-hybridized carbons (Fsp3) is 0.529. The quantitative estimate of drug-likeness (QED) is 0.839. The zero-order valence-electron chi connectivity index (χ0n) is 14.7. The molecule has 24 heavy (non-hydrogen) atoms. The number of hydrogen-bond donors (Lipinski definition) is 1. The molecule has 2 aromatic heterocycles. The van der Waals surface area contributed by atoms with E-state index in [0.29, 0.717) is 13.1 Å². The Morgan fingerprint density at radius 2 is 2.17 bits per heavy atom. The molecule has 0 aromatic carbocycles. The molecule has 2 aromatic rings. The van der Waals surface area contributed by atoms with Gasteiger partial charge in [0.15, 0.2) is 0 Å². The fourth-order valence-corrected chi connectivity index (χ4v) is 3.31. The molecule has 6 nitrogen and oxygen atoms in total. The molecule has 130 valence electrons. The lowest BCUT2D eigenvalue weighted by molar-refractivity contribution is 0.0224. The summed E-state index contributed by atoms with van der Waals surface area (Å²) in [6.07, 6.45) is 2.46. The maximum atomic E-state index is 12.4. The van der Waals surface area contributed by atoms with Gasteiger partial charge in [-0.15, -0.1) is 11.8 Å². The predicted octanol–water partition coefficient (Wildman–Crippen LogP) is 3.59. The number of hydrogen-bond acceptors (Lipinski definition) is 5. The Labute approximate surface area is 145 Å². The second-order valence-corrected chi connectivity index (χ2v) is 7.65. The van der Waals surface area contributed by atoms with Crippen LogP contribution in [0, 0.1) is 0 Å². The molecule has 0 bridgehead atoms. The standard InChI is InChI=1S/C17H23N3O3S/c1-17(2,3)23-16(21)20-7-6-11-10(9-20)14-12(22-4)8-13(24-5)19-15(14)18-11/h8H,6-7,9H2,1-5H3,(H,18,19). The minimum absolute atomic E-state index is 0.282. The number of rotatable bonds is 2. The number of nitrogens with zero attached hydrogens (tertiary/aromatic N) is 2. The molecule has 0 saturated heterocycles. The third-order valence-electron chi connectivity index (χ3n) is 3.96. The van der Waals surface area contributed by atoms with Crippen molar-refractivity contribution in [2.45, 2.75) is 44.4 Å². The smallest absolute Gasteiger partial charge is 0.410 e. The predicted molar refractivity (Wildman–Crippen MR) is 94.8 cm³/mol. The van der Waals surface area contributed by atoms with Crippen LogP contribution in [0.3, 0.4) is 0 Å². The summed E-state index contributed by atoms with van der Waals surface area (Å²) < 4.78 is 11.1. The first-order chi connectivity index (χ1) is 11.3. The van der Waals surface area contributed by atoms with Gasteiger partial charge in [0.1, 0.15) is 22.0 Å². The lowest BCUT2D eigenvalue weighted by Gasteiger charge is -2.30. The molecular formula is C17H23N3O3S. The van der Waals surface area contributed by atoms with Crippen LogP contribution in [-0.4, -0.2) is 46.5 Å². The lowest BCUT2D eigenvalue weighted by atomic mass is 10.1. The third-order valence-corrected chi connectivity index (χ3v) is 4.58. The highest BCUT2D eigenvalue weighted by molar-refractivity contribution is 7.98. The summed E-state index contributed by atoms with van der Waals surface area (Å²) in [5.74, 6) is 0.785. The summed E-state index contributed by atoms with van der Waals surface area (Å²) >= 11 is 1.58. The Hall–Kier alpha value is -1.89. The largest absolute Gasteiger partial charge is 0.496 e. The number of H-pyrrole nitrogens is 1. The van der Waals surface area contributed by atoms with E-state index in [-0.39, 0.29) is 6.09 Å². The number of ether oxygens (including phenoxy) is 2. The number of aromatic amines is 1. The van der Waals surface area contributed by atoms with Crippen LogP contribution in [0.25, 0.3) is 11.0 Å². The van der Waals surface area contributed by atoms with Crippen LogP contribution >= 0.6 is 11.8 Å². The van der Waals surface area contributed by atoms with Crippen LogP contribution in [0.15, 0.2) is 11.1 Å². The molecule has 0 unspecified atom stereocenters. The van der Waals surface area contributed by atoms with Gasteiger partial charge in [0, 0.05) is 30.3 Å². The second-order valence-electron chi connectivity index (χ2n) is 6.82. The molecule has 0 atom stereocenters. The van der Waals surface area contributed by atoms with Crippen molar-refractivity contribution in [2.75, 3.05) is 19.9 Å². The number of carbonyl (C=O) groups is 1.